The summed E-state index contributed by atoms with van der Waals surface area (Å²) in [5.41, 5.74) is 2.47. The first kappa shape index (κ1) is 11.9. The van der Waals surface area contributed by atoms with Crippen molar-refractivity contribution in [2.45, 2.75) is 6.92 Å². The Morgan fingerprint density at radius 3 is 2.67 bits per heavy atom. The molecule has 0 spiro atoms. The van der Waals surface area contributed by atoms with Crippen molar-refractivity contribution in [3.05, 3.63) is 57.9 Å². The molecule has 5 heteroatoms. The molecule has 0 radical (unpaired) electrons. The molecule has 2 aromatic rings. The van der Waals surface area contributed by atoms with Gasteiger partial charge in [0.1, 0.15) is 5.69 Å². The molecule has 1 aromatic heterocycles. The van der Waals surface area contributed by atoms with Crippen LogP contribution in [0.1, 0.15) is 16.2 Å². The second kappa shape index (κ2) is 4.75. The molecule has 0 bridgehead atoms. The summed E-state index contributed by atoms with van der Waals surface area (Å²) in [7, 11) is 0. The van der Waals surface area contributed by atoms with E-state index in [9.17, 15) is 14.9 Å². The van der Waals surface area contributed by atoms with Gasteiger partial charge in [0.15, 0.2) is 6.29 Å². The van der Waals surface area contributed by atoms with Gasteiger partial charge in [-0.2, -0.15) is 0 Å². The summed E-state index contributed by atoms with van der Waals surface area (Å²) in [4.78, 5) is 25.0. The van der Waals surface area contributed by atoms with E-state index < -0.39 is 4.92 Å². The standard InChI is InChI=1S/C13H10N2O3/c1-9-5-11(6-12(8-16)14-9)10-3-2-4-13(7-10)15(17)18/h2-8H,1H3. The first-order valence-electron chi connectivity index (χ1n) is 5.29. The van der Waals surface area contributed by atoms with E-state index in [2.05, 4.69) is 4.98 Å². The fourth-order valence-electron chi connectivity index (χ4n) is 1.72. The first-order valence-corrected chi connectivity index (χ1v) is 5.29. The highest BCUT2D eigenvalue weighted by Crippen LogP contribution is 2.24. The zero-order valence-corrected chi connectivity index (χ0v) is 9.66. The number of aromatic nitrogens is 1. The Hall–Kier alpha value is -2.56. The summed E-state index contributed by atoms with van der Waals surface area (Å²) in [6.07, 6.45) is 0.661. The first-order chi connectivity index (χ1) is 8.60. The average Bonchev–Trinajstić information content (AvgIpc) is 2.38. The third-order valence-corrected chi connectivity index (χ3v) is 2.48. The monoisotopic (exact) mass is 242 g/mol. The SMILES string of the molecule is Cc1cc(-c2cccc([N+](=O)[O-])c2)cc(C=O)n1. The van der Waals surface area contributed by atoms with Crippen LogP contribution in [-0.2, 0) is 0 Å². The van der Waals surface area contributed by atoms with Crippen molar-refractivity contribution >= 4 is 12.0 Å². The number of nitro groups is 1. The van der Waals surface area contributed by atoms with Gasteiger partial charge in [-0.15, -0.1) is 0 Å². The fourth-order valence-corrected chi connectivity index (χ4v) is 1.72. The van der Waals surface area contributed by atoms with Crippen LogP contribution >= 0.6 is 0 Å². The molecule has 0 aliphatic heterocycles. The number of non-ortho nitro benzene ring substituents is 1. The van der Waals surface area contributed by atoms with E-state index in [1.165, 1.54) is 12.1 Å². The minimum atomic E-state index is -0.446. The van der Waals surface area contributed by atoms with E-state index in [-0.39, 0.29) is 5.69 Å². The van der Waals surface area contributed by atoms with E-state index >= 15 is 0 Å². The van der Waals surface area contributed by atoms with Crippen molar-refractivity contribution in [3.8, 4) is 11.1 Å². The predicted molar refractivity (Wildman–Crippen MR) is 66.5 cm³/mol. The molecule has 0 aliphatic rings. The lowest BCUT2D eigenvalue weighted by molar-refractivity contribution is -0.384. The molecule has 1 aromatic carbocycles. The number of rotatable bonds is 3. The Morgan fingerprint density at radius 1 is 1.22 bits per heavy atom. The minimum Gasteiger partial charge on any atom is -0.296 e. The van der Waals surface area contributed by atoms with Crippen LogP contribution in [-0.4, -0.2) is 16.2 Å². The van der Waals surface area contributed by atoms with Gasteiger partial charge in [-0.1, -0.05) is 12.1 Å². The Kier molecular flexibility index (Phi) is 3.14. The molecule has 90 valence electrons. The maximum absolute atomic E-state index is 10.7. The second-order valence-electron chi connectivity index (χ2n) is 3.85. The highest BCUT2D eigenvalue weighted by Gasteiger charge is 2.08. The number of nitrogens with zero attached hydrogens (tertiary/aromatic N) is 2. The van der Waals surface area contributed by atoms with Gasteiger partial charge in [-0.05, 0) is 30.2 Å². The summed E-state index contributed by atoms with van der Waals surface area (Å²) >= 11 is 0. The molecule has 0 atom stereocenters. The normalized spacial score (nSPS) is 10.1. The van der Waals surface area contributed by atoms with Crippen LogP contribution in [0.2, 0.25) is 0 Å². The van der Waals surface area contributed by atoms with Gasteiger partial charge in [0, 0.05) is 17.8 Å². The van der Waals surface area contributed by atoms with Crippen molar-refractivity contribution in [1.82, 2.24) is 4.98 Å². The number of aldehydes is 1. The Bertz CT molecular complexity index is 623. The second-order valence-corrected chi connectivity index (χ2v) is 3.85. The maximum atomic E-state index is 10.7. The molecule has 2 rings (SSSR count). The molecular weight excluding hydrogens is 232 g/mol. The Balaban J connectivity index is 2.54. The zero-order chi connectivity index (χ0) is 13.1. The lowest BCUT2D eigenvalue weighted by atomic mass is 10.0. The van der Waals surface area contributed by atoms with E-state index in [0.29, 0.717) is 23.2 Å². The Labute approximate surface area is 103 Å². The van der Waals surface area contributed by atoms with Gasteiger partial charge in [0.05, 0.1) is 4.92 Å². The molecule has 0 amide bonds. The van der Waals surface area contributed by atoms with Gasteiger partial charge < -0.3 is 0 Å². The minimum absolute atomic E-state index is 0.0228. The van der Waals surface area contributed by atoms with Crippen LogP contribution in [0.15, 0.2) is 36.4 Å². The van der Waals surface area contributed by atoms with Crippen molar-refractivity contribution < 1.29 is 9.72 Å². The average molecular weight is 242 g/mol. The molecule has 18 heavy (non-hydrogen) atoms. The molecule has 1 heterocycles. The van der Waals surface area contributed by atoms with Crippen LogP contribution in [0, 0.1) is 17.0 Å². The van der Waals surface area contributed by atoms with Crippen LogP contribution in [0.25, 0.3) is 11.1 Å². The lowest BCUT2D eigenvalue weighted by Crippen LogP contribution is -1.93. The van der Waals surface area contributed by atoms with Gasteiger partial charge in [0.2, 0.25) is 0 Å². The van der Waals surface area contributed by atoms with Crippen LogP contribution in [0.4, 0.5) is 5.69 Å². The van der Waals surface area contributed by atoms with Gasteiger partial charge in [-0.25, -0.2) is 0 Å². The number of carbonyl (C=O) groups excluding carboxylic acids is 1. The topological polar surface area (TPSA) is 73.1 Å². The predicted octanol–water partition coefficient (Wildman–Crippen LogP) is 2.78. The van der Waals surface area contributed by atoms with Crippen molar-refractivity contribution in [3.63, 3.8) is 0 Å². The quantitative estimate of drug-likeness (QED) is 0.471. The zero-order valence-electron chi connectivity index (χ0n) is 9.66. The maximum Gasteiger partial charge on any atom is 0.270 e. The van der Waals surface area contributed by atoms with Crippen molar-refractivity contribution in [2.75, 3.05) is 0 Å². The summed E-state index contributed by atoms with van der Waals surface area (Å²) < 4.78 is 0. The summed E-state index contributed by atoms with van der Waals surface area (Å²) in [5.74, 6) is 0. The number of pyridine rings is 1. The number of aryl methyl sites for hydroxylation is 1. The van der Waals surface area contributed by atoms with E-state index in [4.69, 9.17) is 0 Å². The van der Waals surface area contributed by atoms with Gasteiger partial charge in [0.25, 0.3) is 5.69 Å². The largest absolute Gasteiger partial charge is 0.296 e. The smallest absolute Gasteiger partial charge is 0.270 e. The number of hydrogen-bond acceptors (Lipinski definition) is 4. The molecule has 0 N–H and O–H groups in total. The lowest BCUT2D eigenvalue weighted by Gasteiger charge is -2.04. The van der Waals surface area contributed by atoms with E-state index in [1.807, 2.05) is 0 Å². The third-order valence-electron chi connectivity index (χ3n) is 2.48. The summed E-state index contributed by atoms with van der Waals surface area (Å²) in [5, 5.41) is 10.7. The van der Waals surface area contributed by atoms with E-state index in [1.54, 1.807) is 31.2 Å². The fraction of sp³-hybridized carbons (Fsp3) is 0.0769. The molecule has 0 saturated heterocycles. The van der Waals surface area contributed by atoms with Gasteiger partial charge >= 0.3 is 0 Å². The molecule has 0 aliphatic carbocycles. The molecular formula is C13H10N2O3. The van der Waals surface area contributed by atoms with Crippen LogP contribution < -0.4 is 0 Å². The van der Waals surface area contributed by atoms with Crippen LogP contribution in [0.5, 0.6) is 0 Å². The number of benzene rings is 1. The number of carbonyl (C=O) groups is 1. The Morgan fingerprint density at radius 2 is 2.00 bits per heavy atom. The molecule has 0 unspecified atom stereocenters. The third kappa shape index (κ3) is 2.40. The molecule has 0 fully saturated rings. The molecule has 0 saturated carbocycles. The summed E-state index contributed by atoms with van der Waals surface area (Å²) in [6, 6.07) is 9.67. The number of hydrogen-bond donors (Lipinski definition) is 0. The van der Waals surface area contributed by atoms with Crippen LogP contribution in [0.3, 0.4) is 0 Å². The summed E-state index contributed by atoms with van der Waals surface area (Å²) in [6.45, 7) is 1.77. The molecule has 5 nitrogen and oxygen atoms in total. The van der Waals surface area contributed by atoms with E-state index in [0.717, 1.165) is 5.56 Å². The highest BCUT2D eigenvalue weighted by atomic mass is 16.6. The number of nitro benzene ring substituents is 1. The van der Waals surface area contributed by atoms with Crippen molar-refractivity contribution in [2.24, 2.45) is 0 Å². The van der Waals surface area contributed by atoms with Gasteiger partial charge in [-0.3, -0.25) is 19.9 Å². The highest BCUT2D eigenvalue weighted by molar-refractivity contribution is 5.77. The van der Waals surface area contributed by atoms with Crippen molar-refractivity contribution in [1.29, 1.82) is 0 Å².